The van der Waals surface area contributed by atoms with E-state index in [9.17, 15) is 0 Å². The number of hydrogen-bond donors (Lipinski definition) is 0. The molecular formula is C40H58. The third kappa shape index (κ3) is 11.6. The predicted molar refractivity (Wildman–Crippen MR) is 179 cm³/mol. The summed E-state index contributed by atoms with van der Waals surface area (Å²) in [5, 5.41) is 0. The third-order valence-corrected chi connectivity index (χ3v) is 8.94. The van der Waals surface area contributed by atoms with E-state index in [0.29, 0.717) is 22.7 Å². The Bertz CT molecular complexity index is 1160. The molecule has 2 aliphatic rings. The quantitative estimate of drug-likeness (QED) is 0.155. The first-order chi connectivity index (χ1) is 18.8. The van der Waals surface area contributed by atoms with Crippen molar-refractivity contribution in [1.82, 2.24) is 0 Å². The van der Waals surface area contributed by atoms with Crippen molar-refractivity contribution in [3.63, 3.8) is 0 Å². The summed E-state index contributed by atoms with van der Waals surface area (Å²) in [6.45, 7) is 23.1. The predicted octanol–water partition coefficient (Wildman–Crippen LogP) is 11.9. The van der Waals surface area contributed by atoms with Crippen LogP contribution < -0.4 is 0 Å². The van der Waals surface area contributed by atoms with Crippen molar-refractivity contribution in [2.24, 2.45) is 22.7 Å². The third-order valence-electron chi connectivity index (χ3n) is 8.94. The molecule has 2 rings (SSSR count). The Labute approximate surface area is 249 Å². The van der Waals surface area contributed by atoms with Gasteiger partial charge in [-0.15, -0.1) is 11.8 Å². The summed E-state index contributed by atoms with van der Waals surface area (Å²) in [5.74, 6) is 14.5. The van der Waals surface area contributed by atoms with Crippen LogP contribution in [0.2, 0.25) is 0 Å². The van der Waals surface area contributed by atoms with Gasteiger partial charge in [-0.1, -0.05) is 106 Å². The molecular weight excluding hydrogens is 480 g/mol. The molecule has 2 aliphatic carbocycles. The number of rotatable bonds is 9. The topological polar surface area (TPSA) is 0 Å². The van der Waals surface area contributed by atoms with E-state index in [1.54, 1.807) is 16.7 Å². The van der Waals surface area contributed by atoms with E-state index in [1.807, 2.05) is 6.08 Å². The smallest absolute Gasteiger partial charge is 0.0177 e. The number of hydrogen-bond acceptors (Lipinski definition) is 0. The normalized spacial score (nSPS) is 21.2. The average molecular weight is 539 g/mol. The molecule has 0 spiro atoms. The van der Waals surface area contributed by atoms with Crippen LogP contribution in [0.15, 0.2) is 69.9 Å². The maximum atomic E-state index is 3.52. The largest absolute Gasteiger partial charge is 0.103 e. The van der Waals surface area contributed by atoms with E-state index in [1.165, 1.54) is 68.1 Å². The minimum absolute atomic E-state index is 0.290. The molecule has 0 heterocycles. The fourth-order valence-corrected chi connectivity index (χ4v) is 6.22. The van der Waals surface area contributed by atoms with Crippen molar-refractivity contribution in [2.75, 3.05) is 0 Å². The van der Waals surface area contributed by atoms with E-state index in [0.717, 1.165) is 12.8 Å². The summed E-state index contributed by atoms with van der Waals surface area (Å²) >= 11 is 0. The maximum Gasteiger partial charge on any atom is 0.0177 e. The van der Waals surface area contributed by atoms with E-state index in [-0.39, 0.29) is 0 Å². The first-order valence-corrected chi connectivity index (χ1v) is 15.9. The van der Waals surface area contributed by atoms with Gasteiger partial charge in [0.1, 0.15) is 0 Å². The van der Waals surface area contributed by atoms with Gasteiger partial charge in [-0.2, -0.15) is 0 Å². The standard InChI is InChI=1S/C40H58/c1-31(19-13-21-33(3)25-27-37-35(5)23-15-29-39(37,7)8)17-11-12-18-32(2)20-14-22-34(4)26-28-38-36(6)24-16-30-40(38,9)10/h13,17,19,21,25,27,32,34H,15-16,18,20,23-24,26,28-30H2,1-10H3/b19-13+,27-25+,31-17+,33-21+. The van der Waals surface area contributed by atoms with Gasteiger partial charge in [-0.25, -0.2) is 0 Å². The molecule has 0 amide bonds. The molecule has 0 aromatic rings. The maximum absolute atomic E-state index is 3.52. The summed E-state index contributed by atoms with van der Waals surface area (Å²) < 4.78 is 0. The fourth-order valence-electron chi connectivity index (χ4n) is 6.22. The molecule has 0 aromatic heterocycles. The second-order valence-corrected chi connectivity index (χ2v) is 14.0. The van der Waals surface area contributed by atoms with Gasteiger partial charge < -0.3 is 0 Å². The molecule has 2 atom stereocenters. The van der Waals surface area contributed by atoms with Crippen LogP contribution in [-0.4, -0.2) is 0 Å². The molecule has 0 radical (unpaired) electrons. The molecule has 0 aliphatic heterocycles. The molecule has 0 heteroatoms. The summed E-state index contributed by atoms with van der Waals surface area (Å²) in [6, 6.07) is 0. The van der Waals surface area contributed by atoms with Crippen LogP contribution in [0.25, 0.3) is 0 Å². The highest BCUT2D eigenvalue weighted by molar-refractivity contribution is 5.37. The Kier molecular flexibility index (Phi) is 13.6. The fraction of sp³-hybridized carbons (Fsp3) is 0.600. The van der Waals surface area contributed by atoms with Gasteiger partial charge in [0.25, 0.3) is 0 Å². The Morgan fingerprint density at radius 1 is 0.850 bits per heavy atom. The first-order valence-electron chi connectivity index (χ1n) is 15.9. The lowest BCUT2D eigenvalue weighted by Crippen LogP contribution is -2.20. The van der Waals surface area contributed by atoms with Crippen LogP contribution >= 0.6 is 0 Å². The Balaban J connectivity index is 1.77. The van der Waals surface area contributed by atoms with Crippen molar-refractivity contribution < 1.29 is 0 Å². The molecule has 0 N–H and O–H groups in total. The molecule has 0 aromatic carbocycles. The minimum atomic E-state index is 0.290. The van der Waals surface area contributed by atoms with Crippen LogP contribution in [0.1, 0.15) is 133 Å². The van der Waals surface area contributed by atoms with Crippen molar-refractivity contribution in [1.29, 1.82) is 0 Å². The van der Waals surface area contributed by atoms with Crippen molar-refractivity contribution in [3.8, 4) is 23.7 Å². The van der Waals surface area contributed by atoms with Crippen LogP contribution in [0.3, 0.4) is 0 Å². The molecule has 0 fully saturated rings. The molecule has 0 saturated heterocycles. The molecule has 40 heavy (non-hydrogen) atoms. The monoisotopic (exact) mass is 538 g/mol. The zero-order valence-corrected chi connectivity index (χ0v) is 27.7. The highest BCUT2D eigenvalue weighted by atomic mass is 14.3. The van der Waals surface area contributed by atoms with Crippen LogP contribution in [-0.2, 0) is 0 Å². The zero-order valence-electron chi connectivity index (χ0n) is 27.7. The SMILES string of the molecule is CC1=C(/C=C/C(C)=C/C=C/C(C)=C/C#CCC(C)CC#CC(C)CCC2=C(C)CCCC2(C)C)C(C)(C)CCC1. The highest BCUT2D eigenvalue weighted by Gasteiger charge is 2.28. The van der Waals surface area contributed by atoms with Gasteiger partial charge in [0, 0.05) is 18.8 Å². The Hall–Kier alpha value is -2.44. The second kappa shape index (κ2) is 16.1. The lowest BCUT2D eigenvalue weighted by molar-refractivity contribution is 0.349. The average Bonchev–Trinajstić information content (AvgIpc) is 2.85. The summed E-state index contributed by atoms with van der Waals surface area (Å²) in [4.78, 5) is 0. The molecule has 0 saturated carbocycles. The number of allylic oxidation sites excluding steroid dienone is 12. The summed E-state index contributed by atoms with van der Waals surface area (Å²) in [5.41, 5.74) is 9.51. The van der Waals surface area contributed by atoms with Gasteiger partial charge in [0.2, 0.25) is 0 Å². The minimum Gasteiger partial charge on any atom is -0.103 e. The van der Waals surface area contributed by atoms with Crippen molar-refractivity contribution in [2.45, 2.75) is 133 Å². The lowest BCUT2D eigenvalue weighted by atomic mass is 9.71. The summed E-state index contributed by atoms with van der Waals surface area (Å²) in [7, 11) is 0. The van der Waals surface area contributed by atoms with E-state index >= 15 is 0 Å². The summed E-state index contributed by atoms with van der Waals surface area (Å²) in [6.07, 6.45) is 25.1. The zero-order chi connectivity index (χ0) is 29.8. The highest BCUT2D eigenvalue weighted by Crippen LogP contribution is 2.43. The van der Waals surface area contributed by atoms with Crippen molar-refractivity contribution in [3.05, 3.63) is 69.9 Å². The van der Waals surface area contributed by atoms with E-state index in [2.05, 4.69) is 123 Å². The molecule has 218 valence electrons. The van der Waals surface area contributed by atoms with Gasteiger partial charge in [0.05, 0.1) is 0 Å². The van der Waals surface area contributed by atoms with E-state index < -0.39 is 0 Å². The molecule has 0 nitrogen and oxygen atoms in total. The van der Waals surface area contributed by atoms with Gasteiger partial charge >= 0.3 is 0 Å². The second-order valence-electron chi connectivity index (χ2n) is 14.0. The Morgan fingerprint density at radius 3 is 2.17 bits per heavy atom. The van der Waals surface area contributed by atoms with Crippen LogP contribution in [0.5, 0.6) is 0 Å². The van der Waals surface area contributed by atoms with E-state index in [4.69, 9.17) is 0 Å². The Morgan fingerprint density at radius 2 is 1.50 bits per heavy atom. The van der Waals surface area contributed by atoms with Gasteiger partial charge in [-0.05, 0) is 113 Å². The molecule has 0 bridgehead atoms. The van der Waals surface area contributed by atoms with Gasteiger partial charge in [0.15, 0.2) is 0 Å². The first kappa shape index (κ1) is 33.8. The van der Waals surface area contributed by atoms with Gasteiger partial charge in [-0.3, -0.25) is 0 Å². The van der Waals surface area contributed by atoms with Crippen molar-refractivity contribution >= 4 is 0 Å². The van der Waals surface area contributed by atoms with Crippen LogP contribution in [0, 0.1) is 46.3 Å². The lowest BCUT2D eigenvalue weighted by Gasteiger charge is -2.35. The molecule has 2 unspecified atom stereocenters. The van der Waals surface area contributed by atoms with Crippen LogP contribution in [0.4, 0.5) is 0 Å².